The third-order valence-corrected chi connectivity index (χ3v) is 2.82. The molecular weight excluding hydrogens is 230 g/mol. The van der Waals surface area contributed by atoms with Crippen molar-refractivity contribution in [3.63, 3.8) is 0 Å². The first-order chi connectivity index (χ1) is 7.29. The summed E-state index contributed by atoms with van der Waals surface area (Å²) >= 11 is 7.85. The van der Waals surface area contributed by atoms with Gasteiger partial charge in [0.25, 0.3) is 0 Å². The lowest BCUT2D eigenvalue weighted by molar-refractivity contribution is 0.340. The van der Waals surface area contributed by atoms with Gasteiger partial charge in [-0.05, 0) is 19.4 Å². The SMILES string of the molecule is CNCc1cccc(Cl)c1OCCSC. The van der Waals surface area contributed by atoms with Crippen molar-refractivity contribution in [3.8, 4) is 5.75 Å². The van der Waals surface area contributed by atoms with Crippen LogP contribution in [0.3, 0.4) is 0 Å². The standard InChI is InChI=1S/C11H16ClNOS/c1-13-8-9-4-3-5-10(12)11(9)14-6-7-15-2/h3-5,13H,6-8H2,1-2H3. The molecule has 0 unspecified atom stereocenters. The van der Waals surface area contributed by atoms with E-state index in [0.717, 1.165) is 23.6 Å². The van der Waals surface area contributed by atoms with E-state index in [-0.39, 0.29) is 0 Å². The number of nitrogens with one attached hydrogen (secondary N) is 1. The van der Waals surface area contributed by atoms with Crippen molar-refractivity contribution in [2.75, 3.05) is 25.7 Å². The molecule has 0 aliphatic carbocycles. The molecule has 0 bridgehead atoms. The molecule has 0 aromatic heterocycles. The van der Waals surface area contributed by atoms with Crippen LogP contribution >= 0.6 is 23.4 Å². The van der Waals surface area contributed by atoms with Gasteiger partial charge >= 0.3 is 0 Å². The van der Waals surface area contributed by atoms with E-state index in [1.165, 1.54) is 0 Å². The van der Waals surface area contributed by atoms with Gasteiger partial charge in [0.1, 0.15) is 5.75 Å². The quantitative estimate of drug-likeness (QED) is 0.779. The molecule has 0 spiro atoms. The van der Waals surface area contributed by atoms with Crippen LogP contribution in [0.15, 0.2) is 18.2 Å². The lowest BCUT2D eigenvalue weighted by Crippen LogP contribution is -2.09. The van der Waals surface area contributed by atoms with Gasteiger partial charge in [0, 0.05) is 17.9 Å². The Morgan fingerprint density at radius 2 is 2.27 bits per heavy atom. The fraction of sp³-hybridized carbons (Fsp3) is 0.455. The number of rotatable bonds is 6. The van der Waals surface area contributed by atoms with E-state index in [0.29, 0.717) is 11.6 Å². The Hall–Kier alpha value is -0.380. The molecule has 1 aromatic carbocycles. The van der Waals surface area contributed by atoms with Gasteiger partial charge in [-0.15, -0.1) is 0 Å². The van der Waals surface area contributed by atoms with E-state index >= 15 is 0 Å². The highest BCUT2D eigenvalue weighted by Gasteiger charge is 2.07. The number of halogens is 1. The van der Waals surface area contributed by atoms with Crippen molar-refractivity contribution in [1.29, 1.82) is 0 Å². The number of benzene rings is 1. The average Bonchev–Trinajstić information content (AvgIpc) is 2.23. The van der Waals surface area contributed by atoms with Crippen LogP contribution in [-0.2, 0) is 6.54 Å². The molecule has 0 saturated carbocycles. The molecule has 0 atom stereocenters. The fourth-order valence-electron chi connectivity index (χ4n) is 1.27. The molecule has 0 aliphatic heterocycles. The summed E-state index contributed by atoms with van der Waals surface area (Å²) in [5.41, 5.74) is 1.10. The summed E-state index contributed by atoms with van der Waals surface area (Å²) in [5, 5.41) is 3.78. The molecule has 0 amide bonds. The van der Waals surface area contributed by atoms with Crippen LogP contribution in [-0.4, -0.2) is 25.7 Å². The Balaban J connectivity index is 2.72. The normalized spacial score (nSPS) is 10.3. The van der Waals surface area contributed by atoms with Gasteiger partial charge in [0.2, 0.25) is 0 Å². The predicted octanol–water partition coefficient (Wildman–Crippen LogP) is 2.80. The van der Waals surface area contributed by atoms with E-state index in [2.05, 4.69) is 11.6 Å². The third kappa shape index (κ3) is 3.93. The number of hydrogen-bond donors (Lipinski definition) is 1. The monoisotopic (exact) mass is 245 g/mol. The largest absolute Gasteiger partial charge is 0.491 e. The van der Waals surface area contributed by atoms with Gasteiger partial charge in [-0.25, -0.2) is 0 Å². The first kappa shape index (κ1) is 12.7. The Morgan fingerprint density at radius 1 is 1.47 bits per heavy atom. The van der Waals surface area contributed by atoms with Gasteiger partial charge in [0.05, 0.1) is 11.6 Å². The molecule has 84 valence electrons. The second-order valence-electron chi connectivity index (χ2n) is 3.10. The molecular formula is C11H16ClNOS. The van der Waals surface area contributed by atoms with Gasteiger partial charge in [-0.3, -0.25) is 0 Å². The molecule has 0 heterocycles. The van der Waals surface area contributed by atoms with Gasteiger partial charge in [-0.1, -0.05) is 23.7 Å². The molecule has 0 saturated heterocycles. The molecule has 0 aliphatic rings. The number of ether oxygens (including phenoxy) is 1. The van der Waals surface area contributed by atoms with Crippen LogP contribution in [0.5, 0.6) is 5.75 Å². The maximum Gasteiger partial charge on any atom is 0.142 e. The minimum atomic E-state index is 0.684. The first-order valence-electron chi connectivity index (χ1n) is 4.83. The lowest BCUT2D eigenvalue weighted by Gasteiger charge is -2.12. The summed E-state index contributed by atoms with van der Waals surface area (Å²) in [4.78, 5) is 0. The molecule has 0 radical (unpaired) electrons. The van der Waals surface area contributed by atoms with E-state index in [1.54, 1.807) is 11.8 Å². The summed E-state index contributed by atoms with van der Waals surface area (Å²) < 4.78 is 5.67. The Kier molecular flexibility index (Phi) is 5.91. The molecule has 0 fully saturated rings. The van der Waals surface area contributed by atoms with Crippen molar-refractivity contribution in [2.45, 2.75) is 6.54 Å². The molecule has 4 heteroatoms. The summed E-state index contributed by atoms with van der Waals surface area (Å²) in [6.07, 6.45) is 2.06. The zero-order valence-electron chi connectivity index (χ0n) is 9.05. The second-order valence-corrected chi connectivity index (χ2v) is 4.49. The Labute approximate surface area is 100 Å². The minimum Gasteiger partial charge on any atom is -0.491 e. The van der Waals surface area contributed by atoms with Crippen molar-refractivity contribution < 1.29 is 4.74 Å². The number of hydrogen-bond acceptors (Lipinski definition) is 3. The third-order valence-electron chi connectivity index (χ3n) is 1.95. The van der Waals surface area contributed by atoms with E-state index in [1.807, 2.05) is 25.2 Å². The van der Waals surface area contributed by atoms with Crippen LogP contribution in [0.25, 0.3) is 0 Å². The smallest absolute Gasteiger partial charge is 0.142 e. The predicted molar refractivity (Wildman–Crippen MR) is 68.1 cm³/mol. The zero-order valence-corrected chi connectivity index (χ0v) is 10.6. The highest BCUT2D eigenvalue weighted by atomic mass is 35.5. The number of para-hydroxylation sites is 1. The first-order valence-corrected chi connectivity index (χ1v) is 6.60. The molecule has 1 rings (SSSR count). The fourth-order valence-corrected chi connectivity index (χ4v) is 1.77. The summed E-state index contributed by atoms with van der Waals surface area (Å²) in [7, 11) is 1.91. The van der Waals surface area contributed by atoms with Crippen LogP contribution in [0.2, 0.25) is 5.02 Å². The van der Waals surface area contributed by atoms with Crippen molar-refractivity contribution in [3.05, 3.63) is 28.8 Å². The van der Waals surface area contributed by atoms with Crippen molar-refractivity contribution in [2.24, 2.45) is 0 Å². The Bertz CT molecular complexity index is 307. The number of thioether (sulfide) groups is 1. The topological polar surface area (TPSA) is 21.3 Å². The Morgan fingerprint density at radius 3 is 2.93 bits per heavy atom. The summed E-state index contributed by atoms with van der Waals surface area (Å²) in [6.45, 7) is 1.47. The van der Waals surface area contributed by atoms with Crippen molar-refractivity contribution >= 4 is 23.4 Å². The van der Waals surface area contributed by atoms with Gasteiger partial charge in [0.15, 0.2) is 0 Å². The highest BCUT2D eigenvalue weighted by Crippen LogP contribution is 2.28. The average molecular weight is 246 g/mol. The maximum atomic E-state index is 6.08. The molecule has 2 nitrogen and oxygen atoms in total. The maximum absolute atomic E-state index is 6.08. The van der Waals surface area contributed by atoms with Crippen LogP contribution < -0.4 is 10.1 Å². The van der Waals surface area contributed by atoms with Crippen LogP contribution in [0.4, 0.5) is 0 Å². The molecule has 1 aromatic rings. The van der Waals surface area contributed by atoms with Crippen molar-refractivity contribution in [1.82, 2.24) is 5.32 Å². The van der Waals surface area contributed by atoms with Gasteiger partial charge < -0.3 is 10.1 Å². The van der Waals surface area contributed by atoms with Crippen LogP contribution in [0, 0.1) is 0 Å². The summed E-state index contributed by atoms with van der Waals surface area (Å²) in [6, 6.07) is 5.82. The lowest BCUT2D eigenvalue weighted by atomic mass is 10.2. The van der Waals surface area contributed by atoms with E-state index < -0.39 is 0 Å². The van der Waals surface area contributed by atoms with E-state index in [9.17, 15) is 0 Å². The zero-order chi connectivity index (χ0) is 11.1. The summed E-state index contributed by atoms with van der Waals surface area (Å²) in [5.74, 6) is 1.78. The minimum absolute atomic E-state index is 0.684. The van der Waals surface area contributed by atoms with Crippen LogP contribution in [0.1, 0.15) is 5.56 Å². The highest BCUT2D eigenvalue weighted by molar-refractivity contribution is 7.98. The second kappa shape index (κ2) is 6.99. The van der Waals surface area contributed by atoms with E-state index in [4.69, 9.17) is 16.3 Å². The van der Waals surface area contributed by atoms with Gasteiger partial charge in [-0.2, -0.15) is 11.8 Å². The molecule has 1 N–H and O–H groups in total. The molecule has 15 heavy (non-hydrogen) atoms.